The van der Waals surface area contributed by atoms with Crippen molar-refractivity contribution in [1.29, 1.82) is 0 Å². The monoisotopic (exact) mass is 329 g/mol. The molecule has 1 heterocycles. The number of likely N-dealkylation sites (tertiary alicyclic amines) is 1. The molecule has 0 amide bonds. The minimum atomic E-state index is 0.454. The van der Waals surface area contributed by atoms with Crippen LogP contribution in [0.4, 0.5) is 0 Å². The van der Waals surface area contributed by atoms with Gasteiger partial charge in [-0.05, 0) is 37.0 Å². The molecule has 4 nitrogen and oxygen atoms in total. The largest absolute Gasteiger partial charge is 0.375 e. The van der Waals surface area contributed by atoms with Crippen molar-refractivity contribution in [2.75, 3.05) is 26.2 Å². The predicted octanol–water partition coefficient (Wildman–Crippen LogP) is 3.31. The molecule has 116 valence electrons. The number of nitrogens with zero attached hydrogens (tertiary/aromatic N) is 2. The number of rotatable bonds is 5. The zero-order valence-corrected chi connectivity index (χ0v) is 13.5. The van der Waals surface area contributed by atoms with Crippen LogP contribution >= 0.6 is 23.2 Å². The first-order valence-electron chi connectivity index (χ1n) is 7.23. The fourth-order valence-corrected chi connectivity index (χ4v) is 2.73. The molecule has 0 aromatic heterocycles. The smallest absolute Gasteiger partial charge is 0.191 e. The van der Waals surface area contributed by atoms with E-state index in [1.165, 1.54) is 19.3 Å². The van der Waals surface area contributed by atoms with Gasteiger partial charge in [0.2, 0.25) is 0 Å². The van der Waals surface area contributed by atoms with Gasteiger partial charge in [-0.25, -0.2) is 0 Å². The third kappa shape index (κ3) is 5.38. The number of hydrogen-bond donors (Lipinski definition) is 1. The Kier molecular flexibility index (Phi) is 6.61. The van der Waals surface area contributed by atoms with Crippen LogP contribution in [0.5, 0.6) is 0 Å². The van der Waals surface area contributed by atoms with Crippen molar-refractivity contribution in [3.8, 4) is 0 Å². The zero-order chi connectivity index (χ0) is 15.1. The standard InChI is InChI=1S/C15H21Cl2N3O/c16-13-5-4-12(14(17)10-13)11-21-9-6-19-15(18)20-7-2-1-3-8-20/h4-5,10H,1-3,6-9,11H2,(H2,18,19). The van der Waals surface area contributed by atoms with Crippen LogP contribution in [0.25, 0.3) is 0 Å². The average Bonchev–Trinajstić information content (AvgIpc) is 2.49. The summed E-state index contributed by atoms with van der Waals surface area (Å²) in [5, 5.41) is 1.25. The molecule has 2 N–H and O–H groups in total. The Morgan fingerprint density at radius 2 is 2.00 bits per heavy atom. The highest BCUT2D eigenvalue weighted by atomic mass is 35.5. The van der Waals surface area contributed by atoms with Crippen LogP contribution in [0.15, 0.2) is 23.2 Å². The summed E-state index contributed by atoms with van der Waals surface area (Å²) in [5.74, 6) is 0.628. The van der Waals surface area contributed by atoms with E-state index in [1.54, 1.807) is 12.1 Å². The Morgan fingerprint density at radius 1 is 1.24 bits per heavy atom. The summed E-state index contributed by atoms with van der Waals surface area (Å²) in [7, 11) is 0. The highest BCUT2D eigenvalue weighted by molar-refractivity contribution is 6.35. The predicted molar refractivity (Wildman–Crippen MR) is 88.0 cm³/mol. The van der Waals surface area contributed by atoms with Gasteiger partial charge in [-0.15, -0.1) is 0 Å². The molecule has 1 aliphatic heterocycles. The third-order valence-electron chi connectivity index (χ3n) is 3.46. The van der Waals surface area contributed by atoms with E-state index in [2.05, 4.69) is 9.89 Å². The van der Waals surface area contributed by atoms with Gasteiger partial charge in [0, 0.05) is 23.1 Å². The van der Waals surface area contributed by atoms with Crippen LogP contribution in [0, 0.1) is 0 Å². The van der Waals surface area contributed by atoms with Gasteiger partial charge < -0.3 is 15.4 Å². The Morgan fingerprint density at radius 3 is 2.71 bits per heavy atom. The summed E-state index contributed by atoms with van der Waals surface area (Å²) in [5.41, 5.74) is 6.89. The summed E-state index contributed by atoms with van der Waals surface area (Å²) in [4.78, 5) is 6.50. The number of halogens is 2. The highest BCUT2D eigenvalue weighted by Gasteiger charge is 2.11. The second-order valence-electron chi connectivity index (χ2n) is 5.08. The molecule has 0 atom stereocenters. The molecule has 1 saturated heterocycles. The van der Waals surface area contributed by atoms with Crippen LogP contribution in [-0.2, 0) is 11.3 Å². The molecule has 1 aromatic rings. The quantitative estimate of drug-likeness (QED) is 0.512. The van der Waals surface area contributed by atoms with Crippen molar-refractivity contribution >= 4 is 29.2 Å². The normalized spacial score (nSPS) is 16.3. The molecule has 1 aromatic carbocycles. The van der Waals surface area contributed by atoms with Gasteiger partial charge >= 0.3 is 0 Å². The summed E-state index contributed by atoms with van der Waals surface area (Å²) in [6.07, 6.45) is 3.68. The Bertz CT molecular complexity index is 488. The summed E-state index contributed by atoms with van der Waals surface area (Å²) in [6, 6.07) is 5.39. The lowest BCUT2D eigenvalue weighted by molar-refractivity contribution is 0.128. The lowest BCUT2D eigenvalue weighted by Crippen LogP contribution is -2.41. The number of aliphatic imine (C=N–C) groups is 1. The molecule has 6 heteroatoms. The van der Waals surface area contributed by atoms with Crippen molar-refractivity contribution in [1.82, 2.24) is 4.90 Å². The number of benzene rings is 1. The molecule has 1 aliphatic rings. The first-order chi connectivity index (χ1) is 10.2. The van der Waals surface area contributed by atoms with Crippen molar-refractivity contribution in [2.24, 2.45) is 10.7 Å². The summed E-state index contributed by atoms with van der Waals surface area (Å²) in [6.45, 7) is 3.56. The maximum absolute atomic E-state index is 6.08. The van der Waals surface area contributed by atoms with Gasteiger partial charge in [-0.2, -0.15) is 0 Å². The average molecular weight is 330 g/mol. The molecule has 0 saturated carbocycles. The van der Waals surface area contributed by atoms with Gasteiger partial charge in [0.25, 0.3) is 0 Å². The van der Waals surface area contributed by atoms with Crippen LogP contribution in [0.3, 0.4) is 0 Å². The SMILES string of the molecule is NC(=NCCOCc1ccc(Cl)cc1Cl)N1CCCCC1. The van der Waals surface area contributed by atoms with Crippen LogP contribution in [0.2, 0.25) is 10.0 Å². The third-order valence-corrected chi connectivity index (χ3v) is 4.05. The molecule has 0 bridgehead atoms. The van der Waals surface area contributed by atoms with Gasteiger partial charge in [0.15, 0.2) is 5.96 Å². The fraction of sp³-hybridized carbons (Fsp3) is 0.533. The second kappa shape index (κ2) is 8.47. The maximum Gasteiger partial charge on any atom is 0.191 e. The Labute approximate surface area is 135 Å². The van der Waals surface area contributed by atoms with Gasteiger partial charge in [0.05, 0.1) is 19.8 Å². The topological polar surface area (TPSA) is 50.9 Å². The van der Waals surface area contributed by atoms with Crippen LogP contribution in [0.1, 0.15) is 24.8 Å². The summed E-state index contributed by atoms with van der Waals surface area (Å²) < 4.78 is 5.57. The highest BCUT2D eigenvalue weighted by Crippen LogP contribution is 2.21. The van der Waals surface area contributed by atoms with Gasteiger partial charge in [-0.1, -0.05) is 29.3 Å². The lowest BCUT2D eigenvalue weighted by Gasteiger charge is -2.27. The van der Waals surface area contributed by atoms with Crippen LogP contribution in [-0.4, -0.2) is 37.1 Å². The van der Waals surface area contributed by atoms with Gasteiger partial charge in [0.1, 0.15) is 0 Å². The van der Waals surface area contributed by atoms with E-state index < -0.39 is 0 Å². The molecule has 0 aliphatic carbocycles. The Balaban J connectivity index is 1.69. The molecular weight excluding hydrogens is 309 g/mol. The number of ether oxygens (including phenoxy) is 1. The molecular formula is C15H21Cl2N3O. The maximum atomic E-state index is 6.08. The molecule has 0 spiro atoms. The minimum Gasteiger partial charge on any atom is -0.375 e. The van der Waals surface area contributed by atoms with E-state index in [9.17, 15) is 0 Å². The zero-order valence-electron chi connectivity index (χ0n) is 12.0. The van der Waals surface area contributed by atoms with Crippen LogP contribution < -0.4 is 5.73 Å². The minimum absolute atomic E-state index is 0.454. The molecule has 0 unspecified atom stereocenters. The number of piperidine rings is 1. The van der Waals surface area contributed by atoms with E-state index in [4.69, 9.17) is 33.7 Å². The summed E-state index contributed by atoms with van der Waals surface area (Å²) >= 11 is 11.9. The number of hydrogen-bond acceptors (Lipinski definition) is 2. The van der Waals surface area contributed by atoms with Crippen molar-refractivity contribution < 1.29 is 4.74 Å². The van der Waals surface area contributed by atoms with E-state index in [0.29, 0.717) is 35.8 Å². The fourth-order valence-electron chi connectivity index (χ4n) is 2.27. The first-order valence-corrected chi connectivity index (χ1v) is 7.99. The van der Waals surface area contributed by atoms with Crippen molar-refractivity contribution in [3.05, 3.63) is 33.8 Å². The molecule has 0 radical (unpaired) electrons. The second-order valence-corrected chi connectivity index (χ2v) is 5.92. The number of nitrogens with two attached hydrogens (primary N) is 1. The first kappa shape index (κ1) is 16.4. The van der Waals surface area contributed by atoms with E-state index in [1.807, 2.05) is 6.07 Å². The number of guanidine groups is 1. The lowest BCUT2D eigenvalue weighted by atomic mass is 10.1. The molecule has 21 heavy (non-hydrogen) atoms. The van der Waals surface area contributed by atoms with E-state index in [-0.39, 0.29) is 0 Å². The molecule has 1 fully saturated rings. The van der Waals surface area contributed by atoms with Crippen molar-refractivity contribution in [3.63, 3.8) is 0 Å². The van der Waals surface area contributed by atoms with E-state index >= 15 is 0 Å². The molecule has 2 rings (SSSR count). The van der Waals surface area contributed by atoms with Crippen molar-refractivity contribution in [2.45, 2.75) is 25.9 Å². The van der Waals surface area contributed by atoms with E-state index in [0.717, 1.165) is 18.7 Å². The van der Waals surface area contributed by atoms with Gasteiger partial charge in [-0.3, -0.25) is 4.99 Å². The Hall–Kier alpha value is -0.970.